The number of anilines is 1. The number of aryl methyl sites for hydroxylation is 2. The van der Waals surface area contributed by atoms with Crippen molar-refractivity contribution in [2.45, 2.75) is 32.4 Å². The van der Waals surface area contributed by atoms with E-state index in [0.717, 1.165) is 43.6 Å². The van der Waals surface area contributed by atoms with E-state index < -0.39 is 0 Å². The summed E-state index contributed by atoms with van der Waals surface area (Å²) in [5, 5.41) is 8.06. The van der Waals surface area contributed by atoms with Gasteiger partial charge in [-0.3, -0.25) is 14.3 Å². The number of benzene rings is 2. The van der Waals surface area contributed by atoms with Gasteiger partial charge in [0.25, 0.3) is 0 Å². The van der Waals surface area contributed by atoms with Crippen LogP contribution in [0.25, 0.3) is 15.3 Å². The Bertz CT molecular complexity index is 1630. The van der Waals surface area contributed by atoms with Gasteiger partial charge in [-0.05, 0) is 79.7 Å². The topological polar surface area (TPSA) is 75.1 Å². The van der Waals surface area contributed by atoms with Gasteiger partial charge in [0.1, 0.15) is 0 Å². The van der Waals surface area contributed by atoms with Crippen molar-refractivity contribution in [3.05, 3.63) is 108 Å². The van der Waals surface area contributed by atoms with Crippen molar-refractivity contribution in [2.24, 2.45) is 0 Å². The van der Waals surface area contributed by atoms with Gasteiger partial charge in [-0.25, -0.2) is 4.98 Å². The molecule has 0 unspecified atom stereocenters. The van der Waals surface area contributed by atoms with Crippen molar-refractivity contribution in [3.63, 3.8) is 0 Å². The minimum absolute atomic E-state index is 0.0481. The molecule has 0 saturated carbocycles. The van der Waals surface area contributed by atoms with Gasteiger partial charge < -0.3 is 15.5 Å². The summed E-state index contributed by atoms with van der Waals surface area (Å²) in [6, 6.07) is 23.9. The number of fused-ring (bicyclic) bond motifs is 1. The van der Waals surface area contributed by atoms with E-state index in [-0.39, 0.29) is 18.0 Å². The predicted octanol–water partition coefficient (Wildman–Crippen LogP) is 6.10. The number of rotatable bonds is 7. The van der Waals surface area contributed by atoms with E-state index in [0.29, 0.717) is 18.1 Å². The largest absolute Gasteiger partial charge is 0.352 e. The highest BCUT2D eigenvalue weighted by Gasteiger charge is 2.41. The first-order chi connectivity index (χ1) is 19.0. The SMILES string of the molecule is Cc1ccc(C)c(NC(=O)CCN2C(=S)N[C@@H](c3ccccn3)[C@H]2c2cccn2-c2nc3ccccc3s2)c1. The highest BCUT2D eigenvalue weighted by Crippen LogP contribution is 2.40. The number of aromatic nitrogens is 3. The summed E-state index contributed by atoms with van der Waals surface area (Å²) in [5.41, 5.74) is 5.88. The highest BCUT2D eigenvalue weighted by molar-refractivity contribution is 7.80. The molecule has 39 heavy (non-hydrogen) atoms. The third-order valence-electron chi connectivity index (χ3n) is 7.02. The fourth-order valence-corrected chi connectivity index (χ4v) is 6.35. The molecule has 0 aliphatic carbocycles. The van der Waals surface area contributed by atoms with E-state index in [1.54, 1.807) is 17.5 Å². The Labute approximate surface area is 236 Å². The molecule has 9 heteroatoms. The summed E-state index contributed by atoms with van der Waals surface area (Å²) in [7, 11) is 0. The van der Waals surface area contributed by atoms with Gasteiger partial charge in [0.05, 0.1) is 33.7 Å². The minimum Gasteiger partial charge on any atom is -0.352 e. The van der Waals surface area contributed by atoms with Crippen molar-refractivity contribution < 1.29 is 4.79 Å². The Kier molecular flexibility index (Phi) is 6.85. The second-order valence-electron chi connectivity index (χ2n) is 9.70. The van der Waals surface area contributed by atoms with E-state index in [9.17, 15) is 4.79 Å². The molecule has 5 aromatic rings. The molecule has 1 amide bonds. The standard InChI is InChI=1S/C30H28N6OS2/c1-19-12-13-20(2)23(18-19)32-26(37)14-17-36-28(27(34-29(36)38)22-9-5-6-15-31-22)24-10-7-16-35(24)30-33-21-8-3-4-11-25(21)39-30/h3-13,15-16,18,27-28H,14,17H2,1-2H3,(H,32,37)(H,34,38)/t27-,28+/m0/s1. The van der Waals surface area contributed by atoms with Gasteiger partial charge in [0, 0.05) is 31.0 Å². The number of hydrogen-bond acceptors (Lipinski definition) is 5. The van der Waals surface area contributed by atoms with Crippen LogP contribution in [-0.2, 0) is 4.79 Å². The number of pyridine rings is 1. The van der Waals surface area contributed by atoms with E-state index in [1.165, 1.54) is 0 Å². The van der Waals surface area contributed by atoms with E-state index in [4.69, 9.17) is 17.2 Å². The second-order valence-corrected chi connectivity index (χ2v) is 11.1. The Morgan fingerprint density at radius 2 is 1.92 bits per heavy atom. The van der Waals surface area contributed by atoms with Crippen molar-refractivity contribution in [2.75, 3.05) is 11.9 Å². The molecule has 1 aliphatic rings. The molecule has 0 radical (unpaired) electrons. The van der Waals surface area contributed by atoms with Crippen LogP contribution in [0.5, 0.6) is 0 Å². The maximum atomic E-state index is 13.0. The van der Waals surface area contributed by atoms with E-state index >= 15 is 0 Å². The molecular formula is C30H28N6OS2. The number of nitrogens with one attached hydrogen (secondary N) is 2. The van der Waals surface area contributed by atoms with Crippen LogP contribution >= 0.6 is 23.6 Å². The quantitative estimate of drug-likeness (QED) is 0.238. The smallest absolute Gasteiger partial charge is 0.226 e. The fourth-order valence-electron chi connectivity index (χ4n) is 5.05. The van der Waals surface area contributed by atoms with Gasteiger partial charge in [0.15, 0.2) is 10.2 Å². The highest BCUT2D eigenvalue weighted by atomic mass is 32.1. The van der Waals surface area contributed by atoms with Crippen molar-refractivity contribution in [1.82, 2.24) is 24.8 Å². The Morgan fingerprint density at radius 1 is 1.08 bits per heavy atom. The van der Waals surface area contributed by atoms with Crippen LogP contribution in [0, 0.1) is 13.8 Å². The number of nitrogens with zero attached hydrogens (tertiary/aromatic N) is 4. The zero-order chi connectivity index (χ0) is 26.9. The zero-order valence-corrected chi connectivity index (χ0v) is 23.3. The molecule has 196 valence electrons. The number of thiocarbonyl (C=S) groups is 1. The number of amides is 1. The lowest BCUT2D eigenvalue weighted by molar-refractivity contribution is -0.116. The average Bonchev–Trinajstić information content (AvgIpc) is 3.66. The monoisotopic (exact) mass is 552 g/mol. The lowest BCUT2D eigenvalue weighted by Crippen LogP contribution is -2.33. The molecule has 2 N–H and O–H groups in total. The summed E-state index contributed by atoms with van der Waals surface area (Å²) in [5.74, 6) is -0.0481. The minimum atomic E-state index is -0.178. The molecule has 0 spiro atoms. The van der Waals surface area contributed by atoms with Crippen LogP contribution in [0.1, 0.15) is 41.0 Å². The normalized spacial score (nSPS) is 17.0. The van der Waals surface area contributed by atoms with Crippen molar-refractivity contribution >= 4 is 50.5 Å². The average molecular weight is 553 g/mol. The maximum absolute atomic E-state index is 13.0. The molecule has 1 saturated heterocycles. The Balaban J connectivity index is 1.31. The number of hydrogen-bond donors (Lipinski definition) is 2. The maximum Gasteiger partial charge on any atom is 0.226 e. The van der Waals surface area contributed by atoms with Gasteiger partial charge in [-0.1, -0.05) is 41.7 Å². The van der Waals surface area contributed by atoms with Crippen LogP contribution in [0.3, 0.4) is 0 Å². The molecular weight excluding hydrogens is 525 g/mol. The molecule has 1 fully saturated rings. The molecule has 7 nitrogen and oxygen atoms in total. The van der Waals surface area contributed by atoms with E-state index in [1.807, 2.05) is 80.7 Å². The predicted molar refractivity (Wildman–Crippen MR) is 160 cm³/mol. The number of carbonyl (C=O) groups is 1. The number of para-hydroxylation sites is 1. The van der Waals surface area contributed by atoms with Crippen LogP contribution in [0.4, 0.5) is 5.69 Å². The summed E-state index contributed by atoms with van der Waals surface area (Å²) >= 11 is 7.48. The van der Waals surface area contributed by atoms with Gasteiger partial charge >= 0.3 is 0 Å². The molecule has 2 aromatic carbocycles. The Hall–Kier alpha value is -4.08. The fraction of sp³-hybridized carbons (Fsp3) is 0.200. The molecule has 6 rings (SSSR count). The van der Waals surface area contributed by atoms with E-state index in [2.05, 4.69) is 37.2 Å². The Morgan fingerprint density at radius 3 is 2.74 bits per heavy atom. The molecule has 0 bridgehead atoms. The van der Waals surface area contributed by atoms with Gasteiger partial charge in [0.2, 0.25) is 5.91 Å². The zero-order valence-electron chi connectivity index (χ0n) is 21.7. The third-order valence-corrected chi connectivity index (χ3v) is 8.40. The molecule has 3 aromatic heterocycles. The van der Waals surface area contributed by atoms with Crippen LogP contribution in [0.15, 0.2) is 85.2 Å². The van der Waals surface area contributed by atoms with Crippen molar-refractivity contribution in [3.8, 4) is 5.13 Å². The third kappa shape index (κ3) is 5.03. The summed E-state index contributed by atoms with van der Waals surface area (Å²) in [6.45, 7) is 4.48. The van der Waals surface area contributed by atoms with Crippen LogP contribution < -0.4 is 10.6 Å². The first-order valence-corrected chi connectivity index (χ1v) is 14.1. The van der Waals surface area contributed by atoms with Gasteiger partial charge in [-0.2, -0.15) is 0 Å². The number of thiazole rings is 1. The first-order valence-electron chi connectivity index (χ1n) is 12.9. The molecule has 1 aliphatic heterocycles. The van der Waals surface area contributed by atoms with Gasteiger partial charge in [-0.15, -0.1) is 0 Å². The lowest BCUT2D eigenvalue weighted by Gasteiger charge is -2.28. The number of carbonyl (C=O) groups excluding carboxylic acids is 1. The second kappa shape index (κ2) is 10.6. The molecule has 2 atom stereocenters. The summed E-state index contributed by atoms with van der Waals surface area (Å²) < 4.78 is 3.26. The lowest BCUT2D eigenvalue weighted by atomic mass is 10.0. The molecule has 4 heterocycles. The summed E-state index contributed by atoms with van der Waals surface area (Å²) in [6.07, 6.45) is 4.13. The first kappa shape index (κ1) is 25.2. The van der Waals surface area contributed by atoms with Crippen molar-refractivity contribution in [1.29, 1.82) is 0 Å². The van der Waals surface area contributed by atoms with Crippen LogP contribution in [-0.4, -0.2) is 37.0 Å². The summed E-state index contributed by atoms with van der Waals surface area (Å²) in [4.78, 5) is 24.7. The van der Waals surface area contributed by atoms with Crippen LogP contribution in [0.2, 0.25) is 0 Å².